The van der Waals surface area contributed by atoms with E-state index in [-0.39, 0.29) is 5.75 Å². The van der Waals surface area contributed by atoms with Crippen LogP contribution in [-0.4, -0.2) is 29.2 Å². The van der Waals surface area contributed by atoms with Gasteiger partial charge in [0.1, 0.15) is 5.75 Å². The number of hydrogen-bond acceptors (Lipinski definition) is 4. The predicted octanol–water partition coefficient (Wildman–Crippen LogP) is 4.04. The zero-order valence-electron chi connectivity index (χ0n) is 13.1. The molecule has 5 nitrogen and oxygen atoms in total. The third-order valence-corrected chi connectivity index (χ3v) is 3.79. The van der Waals surface area contributed by atoms with Crippen molar-refractivity contribution in [1.82, 2.24) is 0 Å². The second-order valence-corrected chi connectivity index (χ2v) is 5.32. The summed E-state index contributed by atoms with van der Waals surface area (Å²) in [6.07, 6.45) is -6.12. The molecule has 0 heterocycles. The number of benzene rings is 2. The average molecular weight is 377 g/mol. The van der Waals surface area contributed by atoms with Crippen LogP contribution in [-0.2, 0) is 5.60 Å². The van der Waals surface area contributed by atoms with Crippen LogP contribution in [0.1, 0.15) is 11.1 Å². The summed E-state index contributed by atoms with van der Waals surface area (Å²) in [5, 5.41) is 21.4. The molecular formula is C16H12F5NO4. The minimum atomic E-state index is -6.12. The second-order valence-electron chi connectivity index (χ2n) is 5.32. The fourth-order valence-corrected chi connectivity index (χ4v) is 2.41. The number of nitro benzene ring substituents is 1. The van der Waals surface area contributed by atoms with Gasteiger partial charge in [0.15, 0.2) is 5.60 Å². The number of nitro groups is 1. The third-order valence-electron chi connectivity index (χ3n) is 3.79. The van der Waals surface area contributed by atoms with Gasteiger partial charge < -0.3 is 9.84 Å². The first kappa shape index (κ1) is 19.6. The van der Waals surface area contributed by atoms with Crippen molar-refractivity contribution in [3.05, 3.63) is 69.8 Å². The highest BCUT2D eigenvalue weighted by Crippen LogP contribution is 2.52. The maximum atomic E-state index is 14.3. The smallest absolute Gasteiger partial charge is 0.457 e. The molecule has 0 aliphatic rings. The van der Waals surface area contributed by atoms with E-state index in [9.17, 15) is 37.2 Å². The molecule has 1 unspecified atom stereocenters. The van der Waals surface area contributed by atoms with Gasteiger partial charge >= 0.3 is 12.1 Å². The molecule has 2 rings (SSSR count). The van der Waals surface area contributed by atoms with E-state index in [1.54, 1.807) is 0 Å². The quantitative estimate of drug-likeness (QED) is 0.485. The summed E-state index contributed by atoms with van der Waals surface area (Å²) in [5.74, 6) is -5.48. The fraction of sp³-hybridized carbons (Fsp3) is 0.250. The van der Waals surface area contributed by atoms with Crippen LogP contribution in [0.15, 0.2) is 48.5 Å². The molecule has 0 aliphatic heterocycles. The number of alkyl halides is 5. The molecule has 0 saturated carbocycles. The van der Waals surface area contributed by atoms with Gasteiger partial charge in [0.25, 0.3) is 5.69 Å². The number of aliphatic hydroxyl groups is 1. The summed E-state index contributed by atoms with van der Waals surface area (Å²) in [7, 11) is 1.26. The van der Waals surface area contributed by atoms with Crippen LogP contribution in [0, 0.1) is 10.1 Å². The molecule has 0 aromatic heterocycles. The van der Waals surface area contributed by atoms with Crippen LogP contribution in [0.2, 0.25) is 0 Å². The van der Waals surface area contributed by atoms with Crippen molar-refractivity contribution in [1.29, 1.82) is 0 Å². The topological polar surface area (TPSA) is 72.6 Å². The summed E-state index contributed by atoms with van der Waals surface area (Å²) < 4.78 is 72.5. The molecule has 0 aliphatic carbocycles. The van der Waals surface area contributed by atoms with E-state index in [1.807, 2.05) is 0 Å². The Morgan fingerprint density at radius 3 is 2.04 bits per heavy atom. The number of hydrogen-bond donors (Lipinski definition) is 1. The number of rotatable bonds is 5. The van der Waals surface area contributed by atoms with E-state index in [2.05, 4.69) is 0 Å². The van der Waals surface area contributed by atoms with Gasteiger partial charge in [0, 0.05) is 17.7 Å². The first-order chi connectivity index (χ1) is 11.9. The fourth-order valence-electron chi connectivity index (χ4n) is 2.41. The normalized spacial score (nSPS) is 14.6. The van der Waals surface area contributed by atoms with Gasteiger partial charge in [-0.15, -0.1) is 0 Å². The second kappa shape index (κ2) is 6.52. The summed E-state index contributed by atoms with van der Waals surface area (Å²) in [5.41, 5.74) is -6.41. The summed E-state index contributed by atoms with van der Waals surface area (Å²) in [6.45, 7) is 0. The molecular weight excluding hydrogens is 365 g/mol. The molecule has 2 aromatic carbocycles. The Bertz CT molecular complexity index is 807. The maximum absolute atomic E-state index is 14.3. The minimum absolute atomic E-state index is 0.158. The Kier molecular flexibility index (Phi) is 4.91. The monoisotopic (exact) mass is 377 g/mol. The van der Waals surface area contributed by atoms with Crippen molar-refractivity contribution >= 4 is 5.69 Å². The Labute approximate surface area is 143 Å². The van der Waals surface area contributed by atoms with E-state index in [1.165, 1.54) is 7.11 Å². The lowest BCUT2D eigenvalue weighted by Gasteiger charge is -2.37. The van der Waals surface area contributed by atoms with E-state index in [0.29, 0.717) is 6.07 Å². The van der Waals surface area contributed by atoms with E-state index in [4.69, 9.17) is 4.74 Å². The van der Waals surface area contributed by atoms with E-state index in [0.717, 1.165) is 42.5 Å². The van der Waals surface area contributed by atoms with Gasteiger partial charge in [-0.2, -0.15) is 22.0 Å². The Morgan fingerprint density at radius 1 is 1.00 bits per heavy atom. The Balaban J connectivity index is 2.77. The Hall–Kier alpha value is -2.75. The lowest BCUT2D eigenvalue weighted by molar-refractivity contribution is -0.385. The van der Waals surface area contributed by atoms with Crippen LogP contribution in [0.3, 0.4) is 0 Å². The van der Waals surface area contributed by atoms with Gasteiger partial charge in [0.2, 0.25) is 0 Å². The first-order valence-electron chi connectivity index (χ1n) is 7.01. The summed E-state index contributed by atoms with van der Waals surface area (Å²) >= 11 is 0. The van der Waals surface area contributed by atoms with Crippen molar-refractivity contribution in [3.8, 4) is 5.75 Å². The van der Waals surface area contributed by atoms with Crippen molar-refractivity contribution in [2.45, 2.75) is 17.7 Å². The predicted molar refractivity (Wildman–Crippen MR) is 80.1 cm³/mol. The largest absolute Gasteiger partial charge is 0.497 e. The molecule has 0 amide bonds. The number of ether oxygens (including phenoxy) is 1. The molecule has 0 spiro atoms. The lowest BCUT2D eigenvalue weighted by Crippen LogP contribution is -2.55. The first-order valence-corrected chi connectivity index (χ1v) is 7.01. The van der Waals surface area contributed by atoms with E-state index >= 15 is 0 Å². The number of non-ortho nitro benzene ring substituents is 1. The minimum Gasteiger partial charge on any atom is -0.497 e. The SMILES string of the molecule is COc1ccc(C(O)(c2cccc([N+](=O)[O-])c2)C(F)(F)C(F)(F)F)cc1. The highest BCUT2D eigenvalue weighted by Gasteiger charge is 2.71. The number of methoxy groups -OCH3 is 1. The molecule has 0 fully saturated rings. The highest BCUT2D eigenvalue weighted by atomic mass is 19.4. The van der Waals surface area contributed by atoms with Gasteiger partial charge in [-0.05, 0) is 17.7 Å². The van der Waals surface area contributed by atoms with Crippen molar-refractivity contribution < 1.29 is 36.7 Å². The van der Waals surface area contributed by atoms with Crippen LogP contribution >= 0.6 is 0 Å². The van der Waals surface area contributed by atoms with Crippen molar-refractivity contribution in [3.63, 3.8) is 0 Å². The lowest BCUT2D eigenvalue weighted by atomic mass is 9.80. The zero-order chi connectivity index (χ0) is 19.8. The average Bonchev–Trinajstić information content (AvgIpc) is 2.60. The highest BCUT2D eigenvalue weighted by molar-refractivity contribution is 5.46. The molecule has 2 aromatic rings. The Morgan fingerprint density at radius 2 is 1.58 bits per heavy atom. The standard InChI is InChI=1S/C16H12F5NO4/c1-26-13-7-5-10(6-8-13)14(23,15(17,18)16(19,20)21)11-3-2-4-12(9-11)22(24)25/h2-9,23H,1H3. The number of halogens is 5. The number of nitrogens with zero attached hydrogens (tertiary/aromatic N) is 1. The van der Waals surface area contributed by atoms with Crippen molar-refractivity contribution in [2.75, 3.05) is 7.11 Å². The van der Waals surface area contributed by atoms with Crippen LogP contribution < -0.4 is 4.74 Å². The molecule has 10 heteroatoms. The maximum Gasteiger partial charge on any atom is 0.457 e. The summed E-state index contributed by atoms with van der Waals surface area (Å²) in [4.78, 5) is 9.88. The molecule has 140 valence electrons. The third kappa shape index (κ3) is 3.07. The molecule has 1 atom stereocenters. The van der Waals surface area contributed by atoms with E-state index < -0.39 is 39.4 Å². The molecule has 0 saturated heterocycles. The van der Waals surface area contributed by atoms with Gasteiger partial charge in [-0.3, -0.25) is 10.1 Å². The molecule has 0 bridgehead atoms. The van der Waals surface area contributed by atoms with Gasteiger partial charge in [0.05, 0.1) is 12.0 Å². The van der Waals surface area contributed by atoms with Crippen LogP contribution in [0.4, 0.5) is 27.6 Å². The van der Waals surface area contributed by atoms with Gasteiger partial charge in [-0.1, -0.05) is 24.3 Å². The van der Waals surface area contributed by atoms with Gasteiger partial charge in [-0.25, -0.2) is 0 Å². The summed E-state index contributed by atoms with van der Waals surface area (Å²) in [6, 6.07) is 6.89. The molecule has 26 heavy (non-hydrogen) atoms. The van der Waals surface area contributed by atoms with Crippen LogP contribution in [0.5, 0.6) is 5.75 Å². The molecule has 0 radical (unpaired) electrons. The van der Waals surface area contributed by atoms with Crippen molar-refractivity contribution in [2.24, 2.45) is 0 Å². The van der Waals surface area contributed by atoms with Crippen LogP contribution in [0.25, 0.3) is 0 Å². The zero-order valence-corrected chi connectivity index (χ0v) is 13.1. The molecule has 1 N–H and O–H groups in total.